The molecular weight excluding hydrogens is 498 g/mol. The molecule has 5 nitrogen and oxygen atoms in total. The number of amides is 1. The van der Waals surface area contributed by atoms with Gasteiger partial charge in [-0.05, 0) is 92.6 Å². The van der Waals surface area contributed by atoms with E-state index in [1.54, 1.807) is 0 Å². The predicted molar refractivity (Wildman–Crippen MR) is 162 cm³/mol. The molecule has 2 aromatic rings. The van der Waals surface area contributed by atoms with Crippen LogP contribution in [-0.2, 0) is 9.59 Å². The first-order chi connectivity index (χ1) is 19.4. The third kappa shape index (κ3) is 7.44. The van der Waals surface area contributed by atoms with Gasteiger partial charge >= 0.3 is 0 Å². The van der Waals surface area contributed by atoms with Gasteiger partial charge in [0.05, 0.1) is 29.1 Å². The van der Waals surface area contributed by atoms with E-state index < -0.39 is 0 Å². The van der Waals surface area contributed by atoms with E-state index in [-0.39, 0.29) is 30.3 Å². The standard InChI is InChI=1S/C35H45NO4/c1-5-7-9-11-13-24(3)39-28-19-15-26(16-20-28)30-23-31(37)33-32(30)35(38)36-34(33)27-17-21-29(22-18-27)40-25(4)14-12-10-8-6-2/h15-22,24-25H,5-14,23H2,1-4H3,(H,36,38). The molecule has 0 saturated heterocycles. The summed E-state index contributed by atoms with van der Waals surface area (Å²) >= 11 is 0. The average Bonchev–Trinajstić information content (AvgIpc) is 3.48. The number of nitrogens with one attached hydrogen (secondary N) is 1. The molecule has 4 rings (SSSR count). The van der Waals surface area contributed by atoms with E-state index in [1.165, 1.54) is 51.4 Å². The Hall–Kier alpha value is -3.34. The van der Waals surface area contributed by atoms with Crippen LogP contribution in [0.5, 0.6) is 11.5 Å². The van der Waals surface area contributed by atoms with E-state index in [0.717, 1.165) is 41.0 Å². The van der Waals surface area contributed by atoms with Crippen LogP contribution in [0.3, 0.4) is 0 Å². The maximum absolute atomic E-state index is 13.1. The molecule has 0 bridgehead atoms. The Morgan fingerprint density at radius 3 is 1.68 bits per heavy atom. The topological polar surface area (TPSA) is 64.6 Å². The summed E-state index contributed by atoms with van der Waals surface area (Å²) in [5, 5.41) is 2.96. The molecule has 5 heteroatoms. The summed E-state index contributed by atoms with van der Waals surface area (Å²) in [6.07, 6.45) is 12.4. The normalized spacial score (nSPS) is 16.3. The highest BCUT2D eigenvalue weighted by molar-refractivity contribution is 6.31. The molecular formula is C35H45NO4. The van der Waals surface area contributed by atoms with Crippen LogP contribution in [0.1, 0.15) is 109 Å². The Kier molecular flexibility index (Phi) is 10.6. The second-order valence-electron chi connectivity index (χ2n) is 11.3. The van der Waals surface area contributed by atoms with E-state index in [2.05, 4.69) is 33.0 Å². The van der Waals surface area contributed by atoms with Crippen molar-refractivity contribution in [2.45, 2.75) is 111 Å². The first-order valence-corrected chi connectivity index (χ1v) is 15.3. The van der Waals surface area contributed by atoms with Crippen molar-refractivity contribution in [1.82, 2.24) is 5.32 Å². The first-order valence-electron chi connectivity index (χ1n) is 15.3. The Balaban J connectivity index is 1.44. The number of benzene rings is 2. The van der Waals surface area contributed by atoms with Crippen LogP contribution in [0.25, 0.3) is 11.3 Å². The third-order valence-electron chi connectivity index (χ3n) is 7.83. The van der Waals surface area contributed by atoms with Crippen molar-refractivity contribution in [2.75, 3.05) is 0 Å². The summed E-state index contributed by atoms with van der Waals surface area (Å²) in [5.41, 5.74) is 4.07. The highest BCUT2D eigenvalue weighted by Gasteiger charge is 2.40. The Bertz CT molecular complexity index is 1130. The van der Waals surface area contributed by atoms with E-state index in [0.29, 0.717) is 16.8 Å². The fraction of sp³-hybridized carbons (Fsp3) is 0.486. The molecule has 40 heavy (non-hydrogen) atoms. The van der Waals surface area contributed by atoms with Crippen LogP contribution in [0.2, 0.25) is 0 Å². The second kappa shape index (κ2) is 14.3. The molecule has 1 amide bonds. The van der Waals surface area contributed by atoms with E-state index in [9.17, 15) is 9.59 Å². The van der Waals surface area contributed by atoms with Gasteiger partial charge in [0.1, 0.15) is 11.5 Å². The van der Waals surface area contributed by atoms with Crippen LogP contribution < -0.4 is 14.8 Å². The van der Waals surface area contributed by atoms with Gasteiger partial charge in [-0.1, -0.05) is 64.5 Å². The average molecular weight is 544 g/mol. The number of Topliss-reactive ketones (excluding diaryl/α,β-unsaturated/α-hetero) is 1. The van der Waals surface area contributed by atoms with Gasteiger partial charge in [0.2, 0.25) is 0 Å². The number of ether oxygens (including phenoxy) is 2. The Morgan fingerprint density at radius 1 is 0.675 bits per heavy atom. The number of fused-ring (bicyclic) bond motifs is 1. The molecule has 0 fully saturated rings. The summed E-state index contributed by atoms with van der Waals surface area (Å²) in [4.78, 5) is 26.2. The van der Waals surface area contributed by atoms with Gasteiger partial charge in [0.15, 0.2) is 5.78 Å². The van der Waals surface area contributed by atoms with Gasteiger partial charge in [0, 0.05) is 6.42 Å². The molecule has 0 radical (unpaired) electrons. The molecule has 2 aliphatic rings. The largest absolute Gasteiger partial charge is 0.491 e. The maximum atomic E-state index is 13.1. The van der Waals surface area contributed by atoms with Gasteiger partial charge in [-0.3, -0.25) is 9.59 Å². The number of carbonyl (C=O) groups is 2. The van der Waals surface area contributed by atoms with Crippen molar-refractivity contribution in [1.29, 1.82) is 0 Å². The Morgan fingerprint density at radius 2 is 1.18 bits per heavy atom. The van der Waals surface area contributed by atoms with E-state index in [4.69, 9.17) is 9.47 Å². The molecule has 2 aromatic carbocycles. The van der Waals surface area contributed by atoms with E-state index >= 15 is 0 Å². The molecule has 1 N–H and O–H groups in total. The minimum absolute atomic E-state index is 0.0274. The zero-order valence-electron chi connectivity index (χ0n) is 24.7. The van der Waals surface area contributed by atoms with Crippen LogP contribution >= 0.6 is 0 Å². The number of unbranched alkanes of at least 4 members (excludes halogenated alkanes) is 6. The number of carbonyl (C=O) groups excluding carboxylic acids is 2. The fourth-order valence-electron chi connectivity index (χ4n) is 5.58. The number of hydrogen-bond donors (Lipinski definition) is 1. The summed E-state index contributed by atoms with van der Waals surface area (Å²) in [6, 6.07) is 15.5. The lowest BCUT2D eigenvalue weighted by Gasteiger charge is -2.15. The summed E-state index contributed by atoms with van der Waals surface area (Å²) in [5.74, 6) is 1.37. The van der Waals surface area contributed by atoms with Crippen molar-refractivity contribution in [3.05, 3.63) is 70.8 Å². The minimum atomic E-state index is -0.215. The number of ketones is 1. The number of rotatable bonds is 16. The van der Waals surface area contributed by atoms with Gasteiger partial charge in [-0.2, -0.15) is 0 Å². The quantitative estimate of drug-likeness (QED) is 0.216. The summed E-state index contributed by atoms with van der Waals surface area (Å²) < 4.78 is 12.2. The van der Waals surface area contributed by atoms with Crippen LogP contribution in [0.15, 0.2) is 59.7 Å². The van der Waals surface area contributed by atoms with Crippen molar-refractivity contribution < 1.29 is 19.1 Å². The SMILES string of the molecule is CCCCCCC(C)Oc1ccc(C2=C3C(=O)NC(c4ccc(OC(C)CCCCCC)cc4)=C3C(=O)C2)cc1. The molecule has 0 aromatic heterocycles. The molecule has 0 spiro atoms. The zero-order chi connectivity index (χ0) is 28.5. The summed E-state index contributed by atoms with van der Waals surface area (Å²) in [7, 11) is 0. The van der Waals surface area contributed by atoms with Crippen LogP contribution in [0, 0.1) is 0 Å². The van der Waals surface area contributed by atoms with Crippen molar-refractivity contribution >= 4 is 23.0 Å². The lowest BCUT2D eigenvalue weighted by atomic mass is 10.0. The lowest BCUT2D eigenvalue weighted by Crippen LogP contribution is -2.17. The van der Waals surface area contributed by atoms with Gasteiger partial charge in [0.25, 0.3) is 5.91 Å². The molecule has 1 aliphatic heterocycles. The molecule has 1 heterocycles. The minimum Gasteiger partial charge on any atom is -0.491 e. The molecule has 1 aliphatic carbocycles. The second-order valence-corrected chi connectivity index (χ2v) is 11.3. The number of hydrogen-bond acceptors (Lipinski definition) is 4. The maximum Gasteiger partial charge on any atom is 0.256 e. The fourth-order valence-corrected chi connectivity index (χ4v) is 5.58. The van der Waals surface area contributed by atoms with Crippen LogP contribution in [-0.4, -0.2) is 23.9 Å². The van der Waals surface area contributed by atoms with Crippen molar-refractivity contribution in [3.63, 3.8) is 0 Å². The molecule has 214 valence electrons. The van der Waals surface area contributed by atoms with Crippen LogP contribution in [0.4, 0.5) is 0 Å². The van der Waals surface area contributed by atoms with Crippen molar-refractivity contribution in [3.8, 4) is 11.5 Å². The van der Waals surface area contributed by atoms with Gasteiger partial charge in [-0.25, -0.2) is 0 Å². The van der Waals surface area contributed by atoms with Gasteiger partial charge in [-0.15, -0.1) is 0 Å². The predicted octanol–water partition coefficient (Wildman–Crippen LogP) is 8.43. The van der Waals surface area contributed by atoms with Crippen molar-refractivity contribution in [2.24, 2.45) is 0 Å². The Labute approximate surface area is 240 Å². The highest BCUT2D eigenvalue weighted by Crippen LogP contribution is 2.42. The lowest BCUT2D eigenvalue weighted by molar-refractivity contribution is -0.116. The molecule has 0 saturated carbocycles. The monoisotopic (exact) mass is 543 g/mol. The van der Waals surface area contributed by atoms with E-state index in [1.807, 2.05) is 48.5 Å². The number of allylic oxidation sites excluding steroid dienone is 1. The third-order valence-corrected chi connectivity index (χ3v) is 7.83. The summed E-state index contributed by atoms with van der Waals surface area (Å²) in [6.45, 7) is 8.64. The molecule has 2 atom stereocenters. The zero-order valence-corrected chi connectivity index (χ0v) is 24.7. The first kappa shape index (κ1) is 29.6. The smallest absolute Gasteiger partial charge is 0.256 e. The molecule has 2 unspecified atom stereocenters. The van der Waals surface area contributed by atoms with Gasteiger partial charge < -0.3 is 14.8 Å². The highest BCUT2D eigenvalue weighted by atomic mass is 16.5.